The summed E-state index contributed by atoms with van der Waals surface area (Å²) in [4.78, 5) is 20.6. The average molecular weight is 383 g/mol. The third-order valence-corrected chi connectivity index (χ3v) is 4.03. The highest BCUT2D eigenvalue weighted by Gasteiger charge is 2.12. The van der Waals surface area contributed by atoms with Crippen LogP contribution >= 0.6 is 11.6 Å². The predicted octanol–water partition coefficient (Wildman–Crippen LogP) is 3.87. The third kappa shape index (κ3) is 4.45. The second-order valence-electron chi connectivity index (χ2n) is 5.90. The summed E-state index contributed by atoms with van der Waals surface area (Å²) in [6, 6.07) is 12.7. The number of amides is 1. The number of aryl methyl sites for hydroxylation is 1. The topological polar surface area (TPSA) is 105 Å². The molecule has 0 aliphatic heterocycles. The number of nitrogens with zero attached hydrogens (tertiary/aromatic N) is 2. The van der Waals surface area contributed by atoms with Crippen LogP contribution in [-0.2, 0) is 0 Å². The Bertz CT molecular complexity index is 971. The molecule has 3 rings (SSSR count). The van der Waals surface area contributed by atoms with Gasteiger partial charge in [0.1, 0.15) is 5.02 Å². The fourth-order valence-corrected chi connectivity index (χ4v) is 2.72. The van der Waals surface area contributed by atoms with Gasteiger partial charge in [0.15, 0.2) is 5.82 Å². The summed E-state index contributed by atoms with van der Waals surface area (Å²) in [5, 5.41) is 9.14. The van der Waals surface area contributed by atoms with Gasteiger partial charge >= 0.3 is 0 Å². The number of nitrogen functional groups attached to an aromatic ring is 1. The van der Waals surface area contributed by atoms with Gasteiger partial charge in [0, 0.05) is 18.4 Å². The molecule has 138 valence electrons. The lowest BCUT2D eigenvalue weighted by molar-refractivity contribution is 0.0964. The SMILES string of the molecule is CNC(=O)c1ccccc1Nc1nc(Nc2cc(C)cc(N)c2)ncc1Cl. The average Bonchev–Trinajstić information content (AvgIpc) is 2.63. The Morgan fingerprint density at radius 1 is 1.15 bits per heavy atom. The molecule has 1 aromatic heterocycles. The van der Waals surface area contributed by atoms with Crippen LogP contribution in [0.15, 0.2) is 48.7 Å². The fourth-order valence-electron chi connectivity index (χ4n) is 2.58. The molecular weight excluding hydrogens is 364 g/mol. The summed E-state index contributed by atoms with van der Waals surface area (Å²) < 4.78 is 0. The number of aromatic nitrogens is 2. The molecule has 5 N–H and O–H groups in total. The Morgan fingerprint density at radius 3 is 2.67 bits per heavy atom. The lowest BCUT2D eigenvalue weighted by Gasteiger charge is -2.13. The molecule has 0 saturated carbocycles. The largest absolute Gasteiger partial charge is 0.399 e. The first kappa shape index (κ1) is 18.5. The molecule has 3 aromatic rings. The van der Waals surface area contributed by atoms with Crippen LogP contribution in [0.25, 0.3) is 0 Å². The quantitative estimate of drug-likeness (QED) is 0.499. The highest BCUT2D eigenvalue weighted by Crippen LogP contribution is 2.27. The van der Waals surface area contributed by atoms with E-state index < -0.39 is 0 Å². The number of anilines is 5. The predicted molar refractivity (Wildman–Crippen MR) is 109 cm³/mol. The van der Waals surface area contributed by atoms with E-state index in [-0.39, 0.29) is 5.91 Å². The van der Waals surface area contributed by atoms with Crippen LogP contribution in [-0.4, -0.2) is 22.9 Å². The van der Waals surface area contributed by atoms with Crippen molar-refractivity contribution in [2.45, 2.75) is 6.92 Å². The van der Waals surface area contributed by atoms with Gasteiger partial charge in [-0.15, -0.1) is 0 Å². The maximum absolute atomic E-state index is 12.0. The minimum Gasteiger partial charge on any atom is -0.399 e. The number of rotatable bonds is 5. The zero-order valence-corrected chi connectivity index (χ0v) is 15.6. The molecular formula is C19H19ClN6O. The maximum Gasteiger partial charge on any atom is 0.253 e. The summed E-state index contributed by atoms with van der Waals surface area (Å²) in [5.74, 6) is 0.521. The van der Waals surface area contributed by atoms with Crippen molar-refractivity contribution in [2.24, 2.45) is 0 Å². The second-order valence-corrected chi connectivity index (χ2v) is 6.30. The number of carbonyl (C=O) groups excluding carboxylic acids is 1. The first-order chi connectivity index (χ1) is 13.0. The Labute approximate surface area is 162 Å². The molecule has 0 aliphatic carbocycles. The number of para-hydroxylation sites is 1. The van der Waals surface area contributed by atoms with Crippen molar-refractivity contribution in [3.8, 4) is 0 Å². The molecule has 2 aromatic carbocycles. The van der Waals surface area contributed by atoms with E-state index in [9.17, 15) is 4.79 Å². The van der Waals surface area contributed by atoms with Crippen LogP contribution in [0.1, 0.15) is 15.9 Å². The lowest BCUT2D eigenvalue weighted by Crippen LogP contribution is -2.19. The first-order valence-electron chi connectivity index (χ1n) is 8.21. The number of hydrogen-bond acceptors (Lipinski definition) is 6. The number of hydrogen-bond donors (Lipinski definition) is 4. The summed E-state index contributed by atoms with van der Waals surface area (Å²) in [6.45, 7) is 1.95. The smallest absolute Gasteiger partial charge is 0.253 e. The van der Waals surface area contributed by atoms with Crippen molar-refractivity contribution in [1.29, 1.82) is 0 Å². The normalized spacial score (nSPS) is 10.3. The second kappa shape index (κ2) is 7.92. The van der Waals surface area contributed by atoms with Crippen LogP contribution in [0.3, 0.4) is 0 Å². The number of nitrogens with two attached hydrogens (primary N) is 1. The number of halogens is 1. The van der Waals surface area contributed by atoms with Gasteiger partial charge in [-0.2, -0.15) is 4.98 Å². The molecule has 0 unspecified atom stereocenters. The monoisotopic (exact) mass is 382 g/mol. The molecule has 8 heteroatoms. The molecule has 0 atom stereocenters. The highest BCUT2D eigenvalue weighted by molar-refractivity contribution is 6.33. The zero-order chi connectivity index (χ0) is 19.4. The number of nitrogens with one attached hydrogen (secondary N) is 3. The number of carbonyl (C=O) groups is 1. The van der Waals surface area contributed by atoms with Crippen molar-refractivity contribution in [3.05, 3.63) is 64.8 Å². The fraction of sp³-hybridized carbons (Fsp3) is 0.105. The lowest BCUT2D eigenvalue weighted by atomic mass is 10.1. The van der Waals surface area contributed by atoms with Crippen LogP contribution in [0.4, 0.5) is 28.8 Å². The van der Waals surface area contributed by atoms with E-state index in [1.807, 2.05) is 25.1 Å². The van der Waals surface area contributed by atoms with Crippen molar-refractivity contribution in [3.63, 3.8) is 0 Å². The van der Waals surface area contributed by atoms with Crippen molar-refractivity contribution < 1.29 is 4.79 Å². The van der Waals surface area contributed by atoms with Gasteiger partial charge in [-0.1, -0.05) is 23.7 Å². The van der Waals surface area contributed by atoms with Crippen LogP contribution in [0.2, 0.25) is 5.02 Å². The Morgan fingerprint density at radius 2 is 1.93 bits per heavy atom. The van der Waals surface area contributed by atoms with Gasteiger partial charge in [0.05, 0.1) is 17.4 Å². The Balaban J connectivity index is 1.89. The maximum atomic E-state index is 12.0. The van der Waals surface area contributed by atoms with E-state index in [1.54, 1.807) is 31.3 Å². The van der Waals surface area contributed by atoms with E-state index in [0.717, 1.165) is 11.3 Å². The first-order valence-corrected chi connectivity index (χ1v) is 8.59. The summed E-state index contributed by atoms with van der Waals surface area (Å²) in [5.41, 5.74) is 9.37. The molecule has 0 bridgehead atoms. The van der Waals surface area contributed by atoms with E-state index in [0.29, 0.717) is 33.7 Å². The number of benzene rings is 2. The van der Waals surface area contributed by atoms with Gasteiger partial charge < -0.3 is 21.7 Å². The minimum atomic E-state index is -0.211. The highest BCUT2D eigenvalue weighted by atomic mass is 35.5. The molecule has 1 amide bonds. The third-order valence-electron chi connectivity index (χ3n) is 3.75. The summed E-state index contributed by atoms with van der Waals surface area (Å²) in [6.07, 6.45) is 1.49. The molecule has 27 heavy (non-hydrogen) atoms. The molecule has 0 spiro atoms. The van der Waals surface area contributed by atoms with Gasteiger partial charge in [-0.3, -0.25) is 4.79 Å². The van der Waals surface area contributed by atoms with E-state index in [2.05, 4.69) is 25.9 Å². The minimum absolute atomic E-state index is 0.211. The molecule has 1 heterocycles. The van der Waals surface area contributed by atoms with Crippen LogP contribution < -0.4 is 21.7 Å². The standard InChI is InChI=1S/C19H19ClN6O/c1-11-7-12(21)9-13(8-11)24-19-23-10-15(20)17(26-19)25-16-6-4-3-5-14(16)18(27)22-2/h3-10H,21H2,1-2H3,(H,22,27)(H2,23,24,25,26). The van der Waals surface area contributed by atoms with E-state index in [4.69, 9.17) is 17.3 Å². The summed E-state index contributed by atoms with van der Waals surface area (Å²) in [7, 11) is 1.58. The molecule has 7 nitrogen and oxygen atoms in total. The molecule has 0 aliphatic rings. The van der Waals surface area contributed by atoms with Gasteiger partial charge in [-0.05, 0) is 42.8 Å². The van der Waals surface area contributed by atoms with Crippen LogP contribution in [0, 0.1) is 6.92 Å². The van der Waals surface area contributed by atoms with Gasteiger partial charge in [-0.25, -0.2) is 4.98 Å². The van der Waals surface area contributed by atoms with Crippen LogP contribution in [0.5, 0.6) is 0 Å². The Hall–Kier alpha value is -3.32. The molecule has 0 saturated heterocycles. The summed E-state index contributed by atoms with van der Waals surface area (Å²) >= 11 is 6.23. The Kier molecular flexibility index (Phi) is 5.42. The molecule has 0 radical (unpaired) electrons. The molecule has 0 fully saturated rings. The van der Waals surface area contributed by atoms with E-state index >= 15 is 0 Å². The van der Waals surface area contributed by atoms with Crippen molar-refractivity contribution in [1.82, 2.24) is 15.3 Å². The van der Waals surface area contributed by atoms with Gasteiger partial charge in [0.2, 0.25) is 5.95 Å². The van der Waals surface area contributed by atoms with Crippen molar-refractivity contribution >= 4 is 46.3 Å². The van der Waals surface area contributed by atoms with Gasteiger partial charge in [0.25, 0.3) is 5.91 Å². The van der Waals surface area contributed by atoms with E-state index in [1.165, 1.54) is 6.20 Å². The van der Waals surface area contributed by atoms with Crippen molar-refractivity contribution in [2.75, 3.05) is 23.4 Å². The zero-order valence-electron chi connectivity index (χ0n) is 14.9.